The number of amides is 1. The summed E-state index contributed by atoms with van der Waals surface area (Å²) < 4.78 is 13.6. The van der Waals surface area contributed by atoms with E-state index in [-0.39, 0.29) is 5.91 Å². The largest absolute Gasteiger partial charge is 0.306 e. The molecule has 1 N–H and O–H groups in total. The molecule has 2 heterocycles. The number of hydrogen-bond acceptors (Lipinski definition) is 3. The maximum absolute atomic E-state index is 12.7. The smallest absolute Gasteiger partial charge is 0.258 e. The fourth-order valence-corrected chi connectivity index (χ4v) is 4.54. The van der Waals surface area contributed by atoms with Gasteiger partial charge in [0.25, 0.3) is 5.91 Å². The van der Waals surface area contributed by atoms with E-state index in [0.29, 0.717) is 38.6 Å². The van der Waals surface area contributed by atoms with Crippen LogP contribution in [-0.2, 0) is 22.3 Å². The predicted molar refractivity (Wildman–Crippen MR) is 104 cm³/mol. The Morgan fingerprint density at radius 1 is 1.12 bits per heavy atom. The van der Waals surface area contributed by atoms with E-state index in [1.54, 1.807) is 41.1 Å². The number of nitrogens with zero attached hydrogens (tertiary/aromatic N) is 2. The molecule has 2 aromatic carbocycles. The molecule has 1 atom stereocenters. The van der Waals surface area contributed by atoms with Crippen molar-refractivity contribution >= 4 is 45.7 Å². The van der Waals surface area contributed by atoms with E-state index in [1.807, 2.05) is 12.1 Å². The van der Waals surface area contributed by atoms with Gasteiger partial charge < -0.3 is 5.32 Å². The van der Waals surface area contributed by atoms with Gasteiger partial charge in [-0.3, -0.25) is 9.00 Å². The predicted octanol–water partition coefficient (Wildman–Crippen LogP) is 4.19. The minimum atomic E-state index is -1.01. The maximum Gasteiger partial charge on any atom is 0.258 e. The fourth-order valence-electron chi connectivity index (χ4n) is 2.87. The molecule has 0 aliphatic carbocycles. The molecule has 3 aromatic rings. The molecule has 1 amide bonds. The van der Waals surface area contributed by atoms with Crippen LogP contribution in [0.2, 0.25) is 10.0 Å². The van der Waals surface area contributed by atoms with Gasteiger partial charge in [0.1, 0.15) is 5.82 Å². The molecule has 0 radical (unpaired) electrons. The number of carbonyl (C=O) groups is 1. The molecule has 1 unspecified atom stereocenters. The van der Waals surface area contributed by atoms with Crippen molar-refractivity contribution in [3.05, 3.63) is 75.4 Å². The molecule has 4 rings (SSSR count). The Kier molecular flexibility index (Phi) is 4.56. The van der Waals surface area contributed by atoms with Crippen LogP contribution in [0, 0.1) is 0 Å². The van der Waals surface area contributed by atoms with Crippen LogP contribution in [0.3, 0.4) is 0 Å². The standard InChI is InChI=1S/C18H13Cl2N3O2S/c19-11-4-3-5-12(8-11)23-17(14-9-26(25)10-16(14)22-23)21-18(24)13-6-1-2-7-15(13)20/h1-8H,9-10H2,(H,21,24). The number of benzene rings is 2. The van der Waals surface area contributed by atoms with Crippen molar-refractivity contribution in [1.29, 1.82) is 0 Å². The van der Waals surface area contributed by atoms with Crippen LogP contribution < -0.4 is 5.32 Å². The first kappa shape index (κ1) is 17.3. The van der Waals surface area contributed by atoms with E-state index in [2.05, 4.69) is 10.4 Å². The zero-order valence-corrected chi connectivity index (χ0v) is 15.7. The Morgan fingerprint density at radius 3 is 2.69 bits per heavy atom. The van der Waals surface area contributed by atoms with Gasteiger partial charge in [-0.1, -0.05) is 41.4 Å². The first-order valence-corrected chi connectivity index (χ1v) is 10.0. The number of fused-ring (bicyclic) bond motifs is 1. The molecule has 0 fully saturated rings. The van der Waals surface area contributed by atoms with Gasteiger partial charge in [-0.15, -0.1) is 0 Å². The van der Waals surface area contributed by atoms with Crippen LogP contribution >= 0.6 is 23.2 Å². The molecule has 0 saturated heterocycles. The highest BCUT2D eigenvalue weighted by molar-refractivity contribution is 7.83. The third-order valence-corrected chi connectivity index (χ3v) is 5.84. The molecule has 8 heteroatoms. The number of rotatable bonds is 3. The van der Waals surface area contributed by atoms with Crippen LogP contribution in [0.15, 0.2) is 48.5 Å². The number of aromatic nitrogens is 2. The SMILES string of the molecule is O=C(Nc1c2c(nn1-c1cccc(Cl)c1)CS(=O)C2)c1ccccc1Cl. The van der Waals surface area contributed by atoms with Crippen molar-refractivity contribution in [3.63, 3.8) is 0 Å². The van der Waals surface area contributed by atoms with Crippen molar-refractivity contribution in [3.8, 4) is 5.69 Å². The Morgan fingerprint density at radius 2 is 1.92 bits per heavy atom. The van der Waals surface area contributed by atoms with E-state index >= 15 is 0 Å². The molecule has 5 nitrogen and oxygen atoms in total. The summed E-state index contributed by atoms with van der Waals surface area (Å²) in [6, 6.07) is 14.0. The van der Waals surface area contributed by atoms with E-state index in [4.69, 9.17) is 23.2 Å². The Bertz CT molecular complexity index is 1050. The average Bonchev–Trinajstić information content (AvgIpc) is 3.12. The van der Waals surface area contributed by atoms with Gasteiger partial charge in [-0.05, 0) is 30.3 Å². The second-order valence-electron chi connectivity index (χ2n) is 5.83. The van der Waals surface area contributed by atoms with Gasteiger partial charge in [0.15, 0.2) is 0 Å². The summed E-state index contributed by atoms with van der Waals surface area (Å²) in [5.74, 6) is 0.878. The first-order chi connectivity index (χ1) is 12.5. The highest BCUT2D eigenvalue weighted by Crippen LogP contribution is 2.32. The van der Waals surface area contributed by atoms with Gasteiger partial charge >= 0.3 is 0 Å². The van der Waals surface area contributed by atoms with Gasteiger partial charge in [0.2, 0.25) is 0 Å². The molecule has 26 heavy (non-hydrogen) atoms. The van der Waals surface area contributed by atoms with Crippen molar-refractivity contribution in [2.45, 2.75) is 11.5 Å². The lowest BCUT2D eigenvalue weighted by molar-refractivity contribution is 0.102. The van der Waals surface area contributed by atoms with E-state index in [1.165, 1.54) is 0 Å². The second kappa shape index (κ2) is 6.87. The van der Waals surface area contributed by atoms with Gasteiger partial charge in [0, 0.05) is 21.4 Å². The highest BCUT2D eigenvalue weighted by Gasteiger charge is 2.28. The monoisotopic (exact) mass is 405 g/mol. The third-order valence-electron chi connectivity index (χ3n) is 4.07. The number of nitrogens with one attached hydrogen (secondary N) is 1. The third kappa shape index (κ3) is 3.16. The van der Waals surface area contributed by atoms with Crippen molar-refractivity contribution in [2.24, 2.45) is 0 Å². The number of halogens is 2. The van der Waals surface area contributed by atoms with E-state index in [9.17, 15) is 9.00 Å². The lowest BCUT2D eigenvalue weighted by atomic mass is 10.2. The van der Waals surface area contributed by atoms with Gasteiger partial charge in [-0.2, -0.15) is 5.10 Å². The maximum atomic E-state index is 12.7. The topological polar surface area (TPSA) is 64.0 Å². The Hall–Kier alpha value is -2.15. The summed E-state index contributed by atoms with van der Waals surface area (Å²) in [4.78, 5) is 12.7. The normalized spacial score (nSPS) is 15.7. The quantitative estimate of drug-likeness (QED) is 0.710. The summed E-state index contributed by atoms with van der Waals surface area (Å²) in [7, 11) is -1.01. The molecule has 1 aliphatic rings. The highest BCUT2D eigenvalue weighted by atomic mass is 35.5. The number of carbonyl (C=O) groups excluding carboxylic acids is 1. The molecule has 0 saturated carbocycles. The summed E-state index contributed by atoms with van der Waals surface area (Å²) >= 11 is 12.2. The lowest BCUT2D eigenvalue weighted by Gasteiger charge is -2.12. The van der Waals surface area contributed by atoms with Crippen molar-refractivity contribution in [2.75, 3.05) is 5.32 Å². The van der Waals surface area contributed by atoms with Gasteiger partial charge in [0.05, 0.1) is 33.5 Å². The summed E-state index contributed by atoms with van der Waals surface area (Å²) in [5.41, 5.74) is 2.58. The molecule has 0 spiro atoms. The van der Waals surface area contributed by atoms with Crippen LogP contribution in [0.4, 0.5) is 5.82 Å². The molecule has 0 bridgehead atoms. The molecule has 1 aliphatic heterocycles. The number of hydrogen-bond donors (Lipinski definition) is 1. The average molecular weight is 406 g/mol. The Labute approximate surface area is 162 Å². The first-order valence-electron chi connectivity index (χ1n) is 7.80. The zero-order chi connectivity index (χ0) is 18.3. The van der Waals surface area contributed by atoms with Crippen LogP contribution in [0.5, 0.6) is 0 Å². The summed E-state index contributed by atoms with van der Waals surface area (Å²) in [6.45, 7) is 0. The second-order valence-corrected chi connectivity index (χ2v) is 8.13. The Balaban J connectivity index is 1.78. The molecular weight excluding hydrogens is 393 g/mol. The summed E-state index contributed by atoms with van der Waals surface area (Å²) in [5, 5.41) is 8.35. The molecule has 132 valence electrons. The fraction of sp³-hybridized carbons (Fsp3) is 0.111. The van der Waals surface area contributed by atoms with Crippen LogP contribution in [0.1, 0.15) is 21.6 Å². The lowest BCUT2D eigenvalue weighted by Crippen LogP contribution is -2.17. The number of anilines is 1. The summed E-state index contributed by atoms with van der Waals surface area (Å²) in [6.07, 6.45) is 0. The van der Waals surface area contributed by atoms with Crippen LogP contribution in [-0.4, -0.2) is 19.9 Å². The molecule has 1 aromatic heterocycles. The molecular formula is C18H13Cl2N3O2S. The zero-order valence-electron chi connectivity index (χ0n) is 13.4. The minimum absolute atomic E-state index is 0.348. The van der Waals surface area contributed by atoms with Crippen LogP contribution in [0.25, 0.3) is 5.69 Å². The van der Waals surface area contributed by atoms with Crippen molar-refractivity contribution in [1.82, 2.24) is 9.78 Å². The van der Waals surface area contributed by atoms with E-state index in [0.717, 1.165) is 11.3 Å². The minimum Gasteiger partial charge on any atom is -0.306 e. The van der Waals surface area contributed by atoms with E-state index < -0.39 is 10.8 Å². The van der Waals surface area contributed by atoms with Gasteiger partial charge in [-0.25, -0.2) is 4.68 Å². The van der Waals surface area contributed by atoms with Crippen molar-refractivity contribution < 1.29 is 9.00 Å².